The molecule has 0 saturated carbocycles. The average Bonchev–Trinajstić information content (AvgIpc) is 3.51. The quantitative estimate of drug-likeness (QED) is 0.124. The van der Waals surface area contributed by atoms with Gasteiger partial charge in [0.1, 0.15) is 24.2 Å². The first-order valence-electron chi connectivity index (χ1n) is 14.4. The van der Waals surface area contributed by atoms with E-state index in [0.29, 0.717) is 29.3 Å². The maximum Gasteiger partial charge on any atom is 0.335 e. The van der Waals surface area contributed by atoms with Crippen molar-refractivity contribution in [2.45, 2.75) is 38.8 Å². The van der Waals surface area contributed by atoms with E-state index in [2.05, 4.69) is 29.1 Å². The number of hydrogen-bond donors (Lipinski definition) is 5. The number of aromatic amines is 1. The first kappa shape index (κ1) is 32.7. The lowest BCUT2D eigenvalue weighted by molar-refractivity contribution is 0.0696. The van der Waals surface area contributed by atoms with Crippen LogP contribution in [0.1, 0.15) is 45.7 Å². The number of carboxylic acid groups (broad SMARTS) is 1. The summed E-state index contributed by atoms with van der Waals surface area (Å²) in [7, 11) is 0. The summed E-state index contributed by atoms with van der Waals surface area (Å²) in [4.78, 5) is 28.7. The number of hydrogen-bond acceptors (Lipinski definition) is 7. The summed E-state index contributed by atoms with van der Waals surface area (Å²) >= 11 is 0. The Kier molecular flexibility index (Phi) is 10.9. The van der Waals surface area contributed by atoms with Gasteiger partial charge in [-0.05, 0) is 81.3 Å². The van der Waals surface area contributed by atoms with Gasteiger partial charge in [-0.1, -0.05) is 35.9 Å². The number of carboxylic acids is 1. The van der Waals surface area contributed by atoms with Gasteiger partial charge in [-0.15, -0.1) is 0 Å². The Balaban J connectivity index is 0.000000392. The van der Waals surface area contributed by atoms with E-state index < -0.39 is 18.0 Å². The van der Waals surface area contributed by atoms with Crippen molar-refractivity contribution >= 4 is 22.8 Å². The molecule has 5 aromatic rings. The first-order chi connectivity index (χ1) is 21.5. The lowest BCUT2D eigenvalue weighted by Gasteiger charge is -2.28. The van der Waals surface area contributed by atoms with Crippen LogP contribution in [0.5, 0.6) is 17.4 Å². The average molecular weight is 611 g/mol. The third kappa shape index (κ3) is 9.92. The number of ether oxygens (including phenoxy) is 2. The number of nitrogens with zero attached hydrogens (tertiary/aromatic N) is 1. The monoisotopic (exact) mass is 610 g/mol. The van der Waals surface area contributed by atoms with Crippen LogP contribution in [0, 0.1) is 6.92 Å². The summed E-state index contributed by atoms with van der Waals surface area (Å²) in [6, 6.07) is 25.4. The number of rotatable bonds is 12. The van der Waals surface area contributed by atoms with Gasteiger partial charge in [0.05, 0.1) is 11.1 Å². The molecule has 0 bridgehead atoms. The number of nitrogens with one attached hydrogen (secondary N) is 2. The van der Waals surface area contributed by atoms with Crippen molar-refractivity contribution in [3.05, 3.63) is 120 Å². The van der Waals surface area contributed by atoms with Gasteiger partial charge in [-0.2, -0.15) is 0 Å². The number of carbonyl (C=O) groups excluding carboxylic acids is 1. The molecule has 2 aromatic heterocycles. The molecule has 1 amide bonds. The number of aromatic carboxylic acids is 1. The van der Waals surface area contributed by atoms with Gasteiger partial charge < -0.3 is 35.7 Å². The molecule has 0 unspecified atom stereocenters. The molecule has 45 heavy (non-hydrogen) atoms. The molecule has 234 valence electrons. The fourth-order valence-corrected chi connectivity index (χ4v) is 4.47. The summed E-state index contributed by atoms with van der Waals surface area (Å²) in [6.45, 7) is 6.72. The number of nitrogens with two attached hydrogens (primary N) is 1. The lowest BCUT2D eigenvalue weighted by Crippen LogP contribution is -2.46. The van der Waals surface area contributed by atoms with Crippen LogP contribution in [0.2, 0.25) is 0 Å². The molecule has 3 aromatic carbocycles. The molecule has 0 aliphatic heterocycles. The van der Waals surface area contributed by atoms with Gasteiger partial charge in [0.2, 0.25) is 11.8 Å². The zero-order chi connectivity index (χ0) is 32.4. The molecular formula is C35H38N4O6. The minimum atomic E-state index is -0.875. The smallest absolute Gasteiger partial charge is 0.335 e. The van der Waals surface area contributed by atoms with Crippen LogP contribution >= 0.6 is 0 Å². The van der Waals surface area contributed by atoms with Crippen LogP contribution in [0.15, 0.2) is 97.3 Å². The van der Waals surface area contributed by atoms with E-state index in [0.717, 1.165) is 34.2 Å². The maximum absolute atomic E-state index is 11.1. The highest BCUT2D eigenvalue weighted by atomic mass is 16.5. The summed E-state index contributed by atoms with van der Waals surface area (Å²) in [5.41, 5.74) is 8.86. The predicted molar refractivity (Wildman–Crippen MR) is 173 cm³/mol. The Morgan fingerprint density at radius 3 is 2.33 bits per heavy atom. The SMILES string of the molecule is CC(C)(Cc1ccc(Oc2ccc(C(N)=O)cn2)cc1)NC[C@H](O)COc1cccc2[nH]ccc12.Cc1ccc(C(=O)O)cc1. The molecule has 0 spiro atoms. The van der Waals surface area contributed by atoms with Crippen molar-refractivity contribution in [3.63, 3.8) is 0 Å². The number of fused-ring (bicyclic) bond motifs is 1. The number of aliphatic hydroxyl groups is 1. The summed E-state index contributed by atoms with van der Waals surface area (Å²) in [5.74, 6) is 0.375. The van der Waals surface area contributed by atoms with Crippen LogP contribution in [-0.4, -0.2) is 56.9 Å². The largest absolute Gasteiger partial charge is 0.490 e. The number of β-amino-alcohol motifs (C(OH)–C–C–N with tert-alkyl or cyclic N) is 1. The normalized spacial score (nSPS) is 11.7. The van der Waals surface area contributed by atoms with Gasteiger partial charge in [0.15, 0.2) is 0 Å². The van der Waals surface area contributed by atoms with Crippen LogP contribution in [-0.2, 0) is 6.42 Å². The van der Waals surface area contributed by atoms with E-state index in [9.17, 15) is 14.7 Å². The maximum atomic E-state index is 11.1. The summed E-state index contributed by atoms with van der Waals surface area (Å²) in [5, 5.41) is 23.3. The molecule has 10 heteroatoms. The van der Waals surface area contributed by atoms with Gasteiger partial charge in [-0.3, -0.25) is 4.79 Å². The molecular weight excluding hydrogens is 572 g/mol. The number of H-pyrrole nitrogens is 1. The molecule has 10 nitrogen and oxygen atoms in total. The van der Waals surface area contributed by atoms with Crippen molar-refractivity contribution in [2.75, 3.05) is 13.2 Å². The number of pyridine rings is 1. The molecule has 0 saturated heterocycles. The minimum Gasteiger partial charge on any atom is -0.490 e. The standard InChI is InChI=1S/C27H30N4O4.C8H8O2/c1-27(2,31-16-20(32)17-34-24-5-3-4-23-22(24)12-13-29-23)14-18-6-9-21(10-7-18)35-25-11-8-19(15-30-25)26(28)33;1-6-2-4-7(5-3-6)8(9)10/h3-13,15,20,29,31-32H,14,16-17H2,1-2H3,(H2,28,33);2-5H,1H3,(H,9,10)/t20-;/m0./s1. The Morgan fingerprint density at radius 2 is 1.69 bits per heavy atom. The van der Waals surface area contributed by atoms with E-state index in [1.807, 2.05) is 61.7 Å². The zero-order valence-corrected chi connectivity index (χ0v) is 25.5. The van der Waals surface area contributed by atoms with Gasteiger partial charge in [-0.25, -0.2) is 9.78 Å². The zero-order valence-electron chi connectivity index (χ0n) is 25.5. The third-order valence-corrected chi connectivity index (χ3v) is 6.91. The number of carbonyl (C=O) groups is 2. The van der Waals surface area contributed by atoms with E-state index >= 15 is 0 Å². The second-order valence-electron chi connectivity index (χ2n) is 11.3. The number of aryl methyl sites for hydroxylation is 1. The predicted octanol–water partition coefficient (Wildman–Crippen LogP) is 5.50. The molecule has 1 atom stereocenters. The van der Waals surface area contributed by atoms with E-state index in [4.69, 9.17) is 20.3 Å². The second kappa shape index (κ2) is 15.0. The molecule has 0 fully saturated rings. The first-order valence-corrected chi connectivity index (χ1v) is 14.4. The van der Waals surface area contributed by atoms with Crippen LogP contribution in [0.4, 0.5) is 0 Å². The second-order valence-corrected chi connectivity index (χ2v) is 11.3. The van der Waals surface area contributed by atoms with Crippen LogP contribution < -0.4 is 20.5 Å². The van der Waals surface area contributed by atoms with E-state index in [1.165, 1.54) is 6.20 Å². The Hall–Kier alpha value is -5.19. The molecule has 0 radical (unpaired) electrons. The number of benzene rings is 3. The highest BCUT2D eigenvalue weighted by Gasteiger charge is 2.20. The van der Waals surface area contributed by atoms with Crippen molar-refractivity contribution in [2.24, 2.45) is 5.73 Å². The van der Waals surface area contributed by atoms with Gasteiger partial charge in [0.25, 0.3) is 0 Å². The van der Waals surface area contributed by atoms with Crippen molar-refractivity contribution in [1.82, 2.24) is 15.3 Å². The molecule has 6 N–H and O–H groups in total. The molecule has 5 rings (SSSR count). The fraction of sp³-hybridized carbons (Fsp3) is 0.229. The van der Waals surface area contributed by atoms with Crippen molar-refractivity contribution < 1.29 is 29.3 Å². The number of aromatic nitrogens is 2. The summed E-state index contributed by atoms with van der Waals surface area (Å²) < 4.78 is 11.6. The van der Waals surface area contributed by atoms with E-state index in [1.54, 1.807) is 36.4 Å². The lowest BCUT2D eigenvalue weighted by atomic mass is 9.94. The van der Waals surface area contributed by atoms with Crippen molar-refractivity contribution in [1.29, 1.82) is 0 Å². The fourth-order valence-electron chi connectivity index (χ4n) is 4.47. The molecule has 2 heterocycles. The number of primary amides is 1. The Labute approximate surface area is 261 Å². The van der Waals surface area contributed by atoms with Crippen LogP contribution in [0.25, 0.3) is 10.9 Å². The Bertz CT molecular complexity index is 1700. The van der Waals surface area contributed by atoms with Gasteiger partial charge in [0, 0.05) is 41.4 Å². The Morgan fingerprint density at radius 1 is 0.978 bits per heavy atom. The number of aliphatic hydroxyl groups excluding tert-OH is 1. The van der Waals surface area contributed by atoms with Gasteiger partial charge >= 0.3 is 5.97 Å². The molecule has 0 aliphatic rings. The topological polar surface area (TPSA) is 160 Å². The summed E-state index contributed by atoms with van der Waals surface area (Å²) in [6.07, 6.45) is 3.37. The molecule has 0 aliphatic carbocycles. The van der Waals surface area contributed by atoms with Crippen LogP contribution in [0.3, 0.4) is 0 Å². The highest BCUT2D eigenvalue weighted by Crippen LogP contribution is 2.25. The highest BCUT2D eigenvalue weighted by molar-refractivity contribution is 5.92. The third-order valence-electron chi connectivity index (χ3n) is 6.91. The number of amides is 1. The minimum absolute atomic E-state index is 0.202. The van der Waals surface area contributed by atoms with E-state index in [-0.39, 0.29) is 12.1 Å². The van der Waals surface area contributed by atoms with Crippen molar-refractivity contribution in [3.8, 4) is 17.4 Å².